The number of nitrogens with zero attached hydrogens (tertiary/aromatic N) is 3. The van der Waals surface area contributed by atoms with E-state index in [0.717, 1.165) is 61.7 Å². The Morgan fingerprint density at radius 3 is 2.21 bits per heavy atom. The van der Waals surface area contributed by atoms with Gasteiger partial charge in [0.2, 0.25) is 0 Å². The largest absolute Gasteiger partial charge is 0.485 e. The molecule has 1 aliphatic carbocycles. The van der Waals surface area contributed by atoms with Crippen LogP contribution >= 0.6 is 0 Å². The Bertz CT molecular complexity index is 3050. The molecule has 8 aromatic rings. The van der Waals surface area contributed by atoms with Crippen molar-refractivity contribution < 1.29 is 4.74 Å². The van der Waals surface area contributed by atoms with Gasteiger partial charge in [0.25, 0.3) is 0 Å². The number of fused-ring (bicyclic) bond motifs is 9. The molecule has 2 radical (unpaired) electrons. The number of amidine groups is 1. The van der Waals surface area contributed by atoms with Crippen LogP contribution in [0.15, 0.2) is 193 Å². The number of allylic oxidation sites excluding steroid dienone is 2. The van der Waals surface area contributed by atoms with E-state index in [1.165, 1.54) is 27.1 Å². The maximum atomic E-state index is 6.83. The van der Waals surface area contributed by atoms with Gasteiger partial charge in [-0.25, -0.2) is 0 Å². The zero-order valence-electron chi connectivity index (χ0n) is 30.5. The summed E-state index contributed by atoms with van der Waals surface area (Å²) in [5.74, 6) is 3.42. The van der Waals surface area contributed by atoms with Crippen LogP contribution in [0.2, 0.25) is 0 Å². The highest BCUT2D eigenvalue weighted by molar-refractivity contribution is 6.19. The molecule has 6 aromatic carbocycles. The topological polar surface area (TPSA) is 43.5 Å². The Kier molecular flexibility index (Phi) is 7.56. The molecule has 56 heavy (non-hydrogen) atoms. The third-order valence-corrected chi connectivity index (χ3v) is 11.4. The number of aliphatic imine (C=N–C) groups is 1. The first-order valence-electron chi connectivity index (χ1n) is 19.1. The molecule has 5 nitrogen and oxygen atoms in total. The van der Waals surface area contributed by atoms with Crippen LogP contribution < -0.4 is 10.1 Å². The van der Waals surface area contributed by atoms with E-state index in [2.05, 4.69) is 172 Å². The van der Waals surface area contributed by atoms with Crippen LogP contribution in [0.3, 0.4) is 0 Å². The third kappa shape index (κ3) is 5.21. The second-order valence-corrected chi connectivity index (χ2v) is 14.6. The summed E-state index contributed by atoms with van der Waals surface area (Å²) in [6.07, 6.45) is 14.7. The maximum Gasteiger partial charge on any atom is 0.133 e. The fraction of sp³-hybridized carbons (Fsp3) is 0.0600. The fourth-order valence-corrected chi connectivity index (χ4v) is 8.77. The minimum atomic E-state index is -0.145. The van der Waals surface area contributed by atoms with E-state index in [1.54, 1.807) is 5.98 Å². The zero-order chi connectivity index (χ0) is 37.2. The predicted octanol–water partition coefficient (Wildman–Crippen LogP) is 11.2. The molecule has 1 N–H and O–H groups in total. The van der Waals surface area contributed by atoms with Crippen LogP contribution in [0.1, 0.15) is 28.7 Å². The lowest BCUT2D eigenvalue weighted by atomic mass is 9.88. The lowest BCUT2D eigenvalue weighted by molar-refractivity contribution is 0.268. The second kappa shape index (κ2) is 13.1. The van der Waals surface area contributed by atoms with Gasteiger partial charge in [0.1, 0.15) is 25.5 Å². The molecule has 0 bridgehead atoms. The smallest absolute Gasteiger partial charge is 0.133 e. The van der Waals surface area contributed by atoms with Crippen molar-refractivity contribution >= 4 is 69.2 Å². The first-order chi connectivity index (χ1) is 27.7. The summed E-state index contributed by atoms with van der Waals surface area (Å²) in [6, 6.07) is 49.5. The first-order valence-corrected chi connectivity index (χ1v) is 19.1. The van der Waals surface area contributed by atoms with Gasteiger partial charge in [-0.3, -0.25) is 4.99 Å². The van der Waals surface area contributed by atoms with Crippen molar-refractivity contribution in [1.29, 1.82) is 0 Å². The van der Waals surface area contributed by atoms with Crippen molar-refractivity contribution in [3.63, 3.8) is 0 Å². The molecule has 2 aliphatic heterocycles. The van der Waals surface area contributed by atoms with Crippen molar-refractivity contribution in [2.75, 3.05) is 0 Å². The maximum absolute atomic E-state index is 6.83. The molecule has 4 heterocycles. The first kappa shape index (κ1) is 32.4. The van der Waals surface area contributed by atoms with Crippen molar-refractivity contribution in [3.05, 3.63) is 204 Å². The summed E-state index contributed by atoms with van der Waals surface area (Å²) in [5.41, 5.74) is 11.2. The van der Waals surface area contributed by atoms with Crippen LogP contribution in [0.5, 0.6) is 5.75 Å². The van der Waals surface area contributed by atoms with Crippen molar-refractivity contribution in [2.45, 2.75) is 18.1 Å². The summed E-state index contributed by atoms with van der Waals surface area (Å²) in [6.45, 7) is 0. The third-order valence-electron chi connectivity index (χ3n) is 11.4. The Morgan fingerprint density at radius 1 is 0.661 bits per heavy atom. The molecule has 0 saturated carbocycles. The van der Waals surface area contributed by atoms with Gasteiger partial charge in [-0.05, 0) is 59.7 Å². The Labute approximate surface area is 326 Å². The lowest BCUT2D eigenvalue weighted by Crippen LogP contribution is -2.30. The summed E-state index contributed by atoms with van der Waals surface area (Å²) < 4.78 is 11.5. The molecule has 0 saturated heterocycles. The molecular formula is C50H35BN4O. The highest BCUT2D eigenvalue weighted by Crippen LogP contribution is 2.45. The SMILES string of the molecule is [B]/C=C\C=C/n1c2ccccc2c2cc3c4ccccc4n(-c4ccc5c(c4)OC4C=C(C6=NC(c7ccccc7)C=C(c7ccccc7)N6)C=CC54)c3cc21. The fourth-order valence-electron chi connectivity index (χ4n) is 8.77. The van der Waals surface area contributed by atoms with E-state index >= 15 is 0 Å². The van der Waals surface area contributed by atoms with Crippen molar-refractivity contribution in [3.8, 4) is 11.4 Å². The van der Waals surface area contributed by atoms with Gasteiger partial charge >= 0.3 is 0 Å². The van der Waals surface area contributed by atoms with Crippen LogP contribution in [0.25, 0.3) is 61.2 Å². The molecule has 3 aliphatic rings. The van der Waals surface area contributed by atoms with E-state index in [-0.39, 0.29) is 18.1 Å². The molecular weight excluding hydrogens is 683 g/mol. The molecule has 264 valence electrons. The lowest BCUT2D eigenvalue weighted by Gasteiger charge is -2.26. The number of ether oxygens (including phenoxy) is 1. The van der Waals surface area contributed by atoms with Crippen molar-refractivity contribution in [2.24, 2.45) is 4.99 Å². The highest BCUT2D eigenvalue weighted by atomic mass is 16.5. The number of aromatic nitrogens is 2. The molecule has 3 unspecified atom stereocenters. The predicted molar refractivity (Wildman–Crippen MR) is 233 cm³/mol. The highest BCUT2D eigenvalue weighted by Gasteiger charge is 2.35. The van der Waals surface area contributed by atoms with Gasteiger partial charge in [-0.2, -0.15) is 0 Å². The minimum absolute atomic E-state index is 0.105. The monoisotopic (exact) mass is 718 g/mol. The summed E-state index contributed by atoms with van der Waals surface area (Å²) >= 11 is 0. The number of nitrogens with one attached hydrogen (secondary N) is 1. The molecule has 3 atom stereocenters. The number of benzene rings is 6. The molecule has 2 aromatic heterocycles. The van der Waals surface area contributed by atoms with E-state index in [4.69, 9.17) is 17.6 Å². The van der Waals surface area contributed by atoms with Crippen molar-refractivity contribution in [1.82, 2.24) is 14.5 Å². The molecule has 11 rings (SSSR count). The summed E-state index contributed by atoms with van der Waals surface area (Å²) in [7, 11) is 5.69. The summed E-state index contributed by atoms with van der Waals surface area (Å²) in [4.78, 5) is 5.22. The van der Waals surface area contributed by atoms with Crippen LogP contribution in [-0.2, 0) is 0 Å². The van der Waals surface area contributed by atoms with Crippen LogP contribution in [0, 0.1) is 0 Å². The number of rotatable bonds is 6. The summed E-state index contributed by atoms with van der Waals surface area (Å²) in [5, 5.41) is 8.52. The number of hydrogen-bond acceptors (Lipinski definition) is 3. The van der Waals surface area contributed by atoms with Crippen LogP contribution in [-0.4, -0.2) is 28.9 Å². The molecule has 6 heteroatoms. The normalized spacial score (nSPS) is 19.0. The van der Waals surface area contributed by atoms with Gasteiger partial charge in [-0.1, -0.05) is 121 Å². The Hall–Kier alpha value is -7.05. The standard InChI is InChI=1S/C50H35BN4O/c51-25-11-12-26-54-44-19-9-7-17-36(44)40-29-41-37-18-8-10-20-45(37)55(47(41)31-46(40)54)35-22-24-39-38-23-21-34(27-48(38)56-49(39)28-35)50-52-42(32-13-3-1-4-14-32)30-43(53-50)33-15-5-2-6-16-33/h1-31,38,42,48H,(H,52,53)/b25-11-,26-12-. The quantitative estimate of drug-likeness (QED) is 0.137. The Morgan fingerprint density at radius 2 is 1.39 bits per heavy atom. The average Bonchev–Trinajstić information content (AvgIpc) is 3.90. The van der Waals surface area contributed by atoms with E-state index in [1.807, 2.05) is 24.3 Å². The Balaban J connectivity index is 0.984. The number of para-hydroxylation sites is 2. The van der Waals surface area contributed by atoms with E-state index < -0.39 is 0 Å². The van der Waals surface area contributed by atoms with Gasteiger partial charge in [0.05, 0.1) is 28.1 Å². The average molecular weight is 719 g/mol. The molecule has 0 amide bonds. The van der Waals surface area contributed by atoms with Gasteiger partial charge in [0, 0.05) is 62.3 Å². The second-order valence-electron chi connectivity index (χ2n) is 14.6. The van der Waals surface area contributed by atoms with Gasteiger partial charge in [-0.15, -0.1) is 5.98 Å². The van der Waals surface area contributed by atoms with E-state index in [0.29, 0.717) is 0 Å². The minimum Gasteiger partial charge on any atom is -0.485 e. The van der Waals surface area contributed by atoms with Gasteiger partial charge in [0.15, 0.2) is 0 Å². The zero-order valence-corrected chi connectivity index (χ0v) is 30.5. The number of hydrogen-bond donors (Lipinski definition) is 1. The molecule has 0 fully saturated rings. The molecule has 0 spiro atoms. The van der Waals surface area contributed by atoms with Gasteiger partial charge < -0.3 is 19.2 Å². The van der Waals surface area contributed by atoms with Crippen LogP contribution in [0.4, 0.5) is 0 Å². The van der Waals surface area contributed by atoms with E-state index in [9.17, 15) is 0 Å².